The van der Waals surface area contributed by atoms with E-state index in [4.69, 9.17) is 4.74 Å². The second-order valence-electron chi connectivity index (χ2n) is 5.05. The summed E-state index contributed by atoms with van der Waals surface area (Å²) in [4.78, 5) is 0. The molecule has 1 N–H and O–H groups in total. The van der Waals surface area contributed by atoms with Crippen LogP contribution in [0.2, 0.25) is 0 Å². The number of ether oxygens (including phenoxy) is 1. The van der Waals surface area contributed by atoms with Gasteiger partial charge in [0.2, 0.25) is 0 Å². The van der Waals surface area contributed by atoms with E-state index >= 15 is 0 Å². The maximum absolute atomic E-state index is 12.1. The van der Waals surface area contributed by atoms with E-state index in [0.29, 0.717) is 6.42 Å². The van der Waals surface area contributed by atoms with Crippen molar-refractivity contribution >= 4 is 27.3 Å². The van der Waals surface area contributed by atoms with Crippen LogP contribution in [0.1, 0.15) is 31.2 Å². The molecule has 2 rings (SSSR count). The van der Waals surface area contributed by atoms with Gasteiger partial charge in [-0.2, -0.15) is 13.2 Å². The average Bonchev–Trinajstić information content (AvgIpc) is 2.80. The fourth-order valence-corrected chi connectivity index (χ4v) is 3.60. The highest BCUT2D eigenvalue weighted by Gasteiger charge is 2.31. The van der Waals surface area contributed by atoms with Crippen LogP contribution in [-0.2, 0) is 11.3 Å². The van der Waals surface area contributed by atoms with Crippen LogP contribution >= 0.6 is 27.3 Å². The second-order valence-corrected chi connectivity index (χ2v) is 7.34. The monoisotopic (exact) mass is 371 g/mol. The van der Waals surface area contributed by atoms with E-state index in [1.54, 1.807) is 11.3 Å². The van der Waals surface area contributed by atoms with E-state index in [0.717, 1.165) is 29.6 Å². The summed E-state index contributed by atoms with van der Waals surface area (Å²) in [6.45, 7) is -0.388. The summed E-state index contributed by atoms with van der Waals surface area (Å²) < 4.78 is 42.5. The minimum absolute atomic E-state index is 0.237. The predicted octanol–water partition coefficient (Wildman–Crippen LogP) is 4.49. The van der Waals surface area contributed by atoms with Crippen LogP contribution in [0.25, 0.3) is 0 Å². The molecule has 0 radical (unpaired) electrons. The molecule has 0 amide bonds. The van der Waals surface area contributed by atoms with Crippen LogP contribution in [0.4, 0.5) is 13.2 Å². The van der Waals surface area contributed by atoms with Gasteiger partial charge in [-0.1, -0.05) is 0 Å². The van der Waals surface area contributed by atoms with E-state index < -0.39 is 12.8 Å². The maximum Gasteiger partial charge on any atom is 0.411 e. The Hall–Kier alpha value is -0.110. The Kier molecular flexibility index (Phi) is 5.89. The summed E-state index contributed by atoms with van der Waals surface area (Å²) in [5, 5.41) is 5.47. The highest BCUT2D eigenvalue weighted by Crippen LogP contribution is 2.25. The van der Waals surface area contributed by atoms with Gasteiger partial charge in [0, 0.05) is 12.6 Å². The molecule has 1 aliphatic carbocycles. The lowest BCUT2D eigenvalue weighted by Crippen LogP contribution is -2.37. The Morgan fingerprint density at radius 3 is 2.85 bits per heavy atom. The van der Waals surface area contributed by atoms with E-state index in [2.05, 4.69) is 32.7 Å². The molecule has 20 heavy (non-hydrogen) atoms. The van der Waals surface area contributed by atoms with Crippen LogP contribution in [0, 0.1) is 0 Å². The van der Waals surface area contributed by atoms with Crippen molar-refractivity contribution in [2.45, 2.75) is 50.6 Å². The zero-order chi connectivity index (χ0) is 14.6. The van der Waals surface area contributed by atoms with Crippen molar-refractivity contribution < 1.29 is 17.9 Å². The molecule has 7 heteroatoms. The Labute approximate surface area is 128 Å². The molecule has 2 nitrogen and oxygen atoms in total. The minimum Gasteiger partial charge on any atom is -0.369 e. The van der Waals surface area contributed by atoms with Crippen LogP contribution < -0.4 is 5.32 Å². The summed E-state index contributed by atoms with van der Waals surface area (Å²) in [7, 11) is 0. The molecular formula is C13H17BrF3NOS. The molecule has 1 aromatic rings. The zero-order valence-electron chi connectivity index (χ0n) is 10.9. The standard InChI is InChI=1S/C13H17BrF3NOS/c14-12-4-9(7-20-12)6-18-10-2-1-3-11(5-10)19-8-13(15,16)17/h4,7,10-11,18H,1-3,5-6,8H2. The summed E-state index contributed by atoms with van der Waals surface area (Å²) in [5.74, 6) is 0. The summed E-state index contributed by atoms with van der Waals surface area (Å²) in [5.41, 5.74) is 1.19. The lowest BCUT2D eigenvalue weighted by Gasteiger charge is -2.30. The van der Waals surface area contributed by atoms with Gasteiger partial charge in [-0.3, -0.25) is 0 Å². The normalized spacial score (nSPS) is 24.0. The van der Waals surface area contributed by atoms with Crippen molar-refractivity contribution in [2.24, 2.45) is 0 Å². The fraction of sp³-hybridized carbons (Fsp3) is 0.692. The smallest absolute Gasteiger partial charge is 0.369 e. The van der Waals surface area contributed by atoms with Gasteiger partial charge in [-0.15, -0.1) is 11.3 Å². The van der Waals surface area contributed by atoms with Crippen LogP contribution in [0.15, 0.2) is 15.2 Å². The first-order chi connectivity index (χ1) is 9.42. The Morgan fingerprint density at radius 2 is 2.20 bits per heavy atom. The average molecular weight is 372 g/mol. The van der Waals surface area contributed by atoms with E-state index in [1.807, 2.05) is 0 Å². The second kappa shape index (κ2) is 7.24. The fourth-order valence-electron chi connectivity index (χ4n) is 2.39. The van der Waals surface area contributed by atoms with Gasteiger partial charge in [0.25, 0.3) is 0 Å². The zero-order valence-corrected chi connectivity index (χ0v) is 13.3. The number of nitrogens with one attached hydrogen (secondary N) is 1. The number of alkyl halides is 3. The van der Waals surface area contributed by atoms with Crippen molar-refractivity contribution in [3.63, 3.8) is 0 Å². The third-order valence-corrected chi connectivity index (χ3v) is 4.88. The minimum atomic E-state index is -4.23. The van der Waals surface area contributed by atoms with Crippen LogP contribution in [0.5, 0.6) is 0 Å². The van der Waals surface area contributed by atoms with Gasteiger partial charge in [-0.25, -0.2) is 0 Å². The first-order valence-corrected chi connectivity index (χ1v) is 8.24. The molecular weight excluding hydrogens is 355 g/mol. The van der Waals surface area contributed by atoms with Gasteiger partial charge in [0.15, 0.2) is 0 Å². The first-order valence-electron chi connectivity index (χ1n) is 6.57. The number of halogens is 4. The molecule has 1 aliphatic rings. The molecule has 1 aromatic heterocycles. The van der Waals surface area contributed by atoms with Gasteiger partial charge in [0.1, 0.15) is 6.61 Å². The van der Waals surface area contributed by atoms with Crippen molar-refractivity contribution in [3.05, 3.63) is 20.8 Å². The number of rotatable bonds is 5. The maximum atomic E-state index is 12.1. The summed E-state index contributed by atoms with van der Waals surface area (Å²) >= 11 is 5.04. The Balaban J connectivity index is 1.73. The molecule has 1 fully saturated rings. The third kappa shape index (κ3) is 5.71. The number of hydrogen-bond donors (Lipinski definition) is 1. The van der Waals surface area contributed by atoms with Gasteiger partial charge >= 0.3 is 6.18 Å². The largest absolute Gasteiger partial charge is 0.411 e. The van der Waals surface area contributed by atoms with Crippen molar-refractivity contribution in [3.8, 4) is 0 Å². The molecule has 2 atom stereocenters. The molecule has 0 spiro atoms. The summed E-state index contributed by atoms with van der Waals surface area (Å²) in [6, 6.07) is 2.29. The van der Waals surface area contributed by atoms with E-state index in [9.17, 15) is 13.2 Å². The molecule has 2 unspecified atom stereocenters. The van der Waals surface area contributed by atoms with Gasteiger partial charge in [-0.05, 0) is 58.6 Å². The first kappa shape index (κ1) is 16.3. The lowest BCUT2D eigenvalue weighted by molar-refractivity contribution is -0.188. The molecule has 0 aromatic carbocycles. The lowest BCUT2D eigenvalue weighted by atomic mass is 9.92. The molecule has 114 valence electrons. The Bertz CT molecular complexity index is 424. The van der Waals surface area contributed by atoms with Gasteiger partial charge in [0.05, 0.1) is 9.89 Å². The van der Waals surface area contributed by atoms with Crippen molar-refractivity contribution in [1.29, 1.82) is 0 Å². The highest BCUT2D eigenvalue weighted by molar-refractivity contribution is 9.11. The molecule has 0 bridgehead atoms. The van der Waals surface area contributed by atoms with Crippen molar-refractivity contribution in [2.75, 3.05) is 6.61 Å². The van der Waals surface area contributed by atoms with E-state index in [1.165, 1.54) is 5.56 Å². The van der Waals surface area contributed by atoms with Crippen LogP contribution in [0.3, 0.4) is 0 Å². The molecule has 0 aliphatic heterocycles. The SMILES string of the molecule is FC(F)(F)COC1CCCC(NCc2csc(Br)c2)C1. The van der Waals surface area contributed by atoms with Crippen LogP contribution in [-0.4, -0.2) is 24.9 Å². The Morgan fingerprint density at radius 1 is 1.40 bits per heavy atom. The summed E-state index contributed by atoms with van der Waals surface area (Å²) in [6.07, 6.45) is -1.23. The van der Waals surface area contributed by atoms with Crippen molar-refractivity contribution in [1.82, 2.24) is 5.32 Å². The highest BCUT2D eigenvalue weighted by atomic mass is 79.9. The van der Waals surface area contributed by atoms with E-state index in [-0.39, 0.29) is 12.1 Å². The third-order valence-electron chi connectivity index (χ3n) is 3.33. The number of hydrogen-bond acceptors (Lipinski definition) is 3. The topological polar surface area (TPSA) is 21.3 Å². The molecule has 0 saturated heterocycles. The number of thiophene rings is 1. The predicted molar refractivity (Wildman–Crippen MR) is 76.9 cm³/mol. The molecule has 1 saturated carbocycles. The molecule has 1 heterocycles. The van der Waals surface area contributed by atoms with Gasteiger partial charge < -0.3 is 10.1 Å². The quantitative estimate of drug-likeness (QED) is 0.823.